The van der Waals surface area contributed by atoms with Gasteiger partial charge in [0, 0.05) is 11.3 Å². The van der Waals surface area contributed by atoms with Gasteiger partial charge >= 0.3 is 0 Å². The molecule has 0 unspecified atom stereocenters. The standard InChI is InChI=1S/C18H18N2OS2/c1-12-3-5-14(6-4-12)9-16-13(2)19-18(23-16)20-17(21)10-15-7-8-22-11-15/h3-8,11H,9-10H2,1-2H3,(H,19,20,21). The topological polar surface area (TPSA) is 42.0 Å². The molecule has 0 aliphatic heterocycles. The van der Waals surface area contributed by atoms with Crippen molar-refractivity contribution in [2.24, 2.45) is 0 Å². The lowest BCUT2D eigenvalue weighted by Gasteiger charge is -2.00. The van der Waals surface area contributed by atoms with E-state index in [1.165, 1.54) is 16.0 Å². The molecule has 1 amide bonds. The van der Waals surface area contributed by atoms with Gasteiger partial charge in [0.25, 0.3) is 0 Å². The molecule has 118 valence electrons. The van der Waals surface area contributed by atoms with Gasteiger partial charge in [0.05, 0.1) is 12.1 Å². The van der Waals surface area contributed by atoms with Crippen LogP contribution in [0.25, 0.3) is 0 Å². The molecule has 23 heavy (non-hydrogen) atoms. The monoisotopic (exact) mass is 342 g/mol. The van der Waals surface area contributed by atoms with Crippen LogP contribution in [0.4, 0.5) is 5.13 Å². The first-order valence-electron chi connectivity index (χ1n) is 7.43. The number of benzene rings is 1. The highest BCUT2D eigenvalue weighted by molar-refractivity contribution is 7.15. The maximum atomic E-state index is 12.1. The third kappa shape index (κ3) is 4.27. The Balaban J connectivity index is 1.65. The second-order valence-corrected chi connectivity index (χ2v) is 7.41. The van der Waals surface area contributed by atoms with E-state index in [4.69, 9.17) is 0 Å². The Bertz CT molecular complexity index is 789. The molecule has 3 rings (SSSR count). The molecule has 0 fully saturated rings. The number of thiophene rings is 1. The van der Waals surface area contributed by atoms with Gasteiger partial charge in [-0.15, -0.1) is 11.3 Å². The molecule has 3 aromatic rings. The molecule has 1 aromatic carbocycles. The summed E-state index contributed by atoms with van der Waals surface area (Å²) in [4.78, 5) is 17.7. The van der Waals surface area contributed by atoms with Gasteiger partial charge in [0.1, 0.15) is 0 Å². The number of anilines is 1. The summed E-state index contributed by atoms with van der Waals surface area (Å²) in [5, 5.41) is 7.57. The van der Waals surface area contributed by atoms with Crippen LogP contribution in [0.1, 0.15) is 27.3 Å². The second kappa shape index (κ2) is 7.06. The Morgan fingerprint density at radius 3 is 2.61 bits per heavy atom. The van der Waals surface area contributed by atoms with Crippen LogP contribution in [-0.4, -0.2) is 10.9 Å². The largest absolute Gasteiger partial charge is 0.302 e. The van der Waals surface area contributed by atoms with Crippen LogP contribution >= 0.6 is 22.7 Å². The minimum Gasteiger partial charge on any atom is -0.302 e. The molecule has 0 bridgehead atoms. The van der Waals surface area contributed by atoms with Crippen molar-refractivity contribution in [2.75, 3.05) is 5.32 Å². The third-order valence-corrected chi connectivity index (χ3v) is 5.37. The third-order valence-electron chi connectivity index (χ3n) is 3.57. The number of hydrogen-bond acceptors (Lipinski definition) is 4. The van der Waals surface area contributed by atoms with Crippen LogP contribution in [-0.2, 0) is 17.6 Å². The maximum absolute atomic E-state index is 12.1. The Morgan fingerprint density at radius 1 is 1.13 bits per heavy atom. The van der Waals surface area contributed by atoms with E-state index < -0.39 is 0 Å². The molecule has 2 heterocycles. The van der Waals surface area contributed by atoms with Crippen LogP contribution in [0.2, 0.25) is 0 Å². The quantitative estimate of drug-likeness (QED) is 0.736. The summed E-state index contributed by atoms with van der Waals surface area (Å²) in [5.74, 6) is -0.0148. The summed E-state index contributed by atoms with van der Waals surface area (Å²) < 4.78 is 0. The molecule has 0 spiro atoms. The van der Waals surface area contributed by atoms with E-state index >= 15 is 0 Å². The Hall–Kier alpha value is -1.98. The van der Waals surface area contributed by atoms with E-state index in [0.29, 0.717) is 11.6 Å². The van der Waals surface area contributed by atoms with Gasteiger partial charge in [-0.3, -0.25) is 4.79 Å². The van der Waals surface area contributed by atoms with Gasteiger partial charge in [-0.25, -0.2) is 4.98 Å². The zero-order chi connectivity index (χ0) is 16.2. The summed E-state index contributed by atoms with van der Waals surface area (Å²) in [7, 11) is 0. The molecular weight excluding hydrogens is 324 g/mol. The molecule has 0 aliphatic carbocycles. The predicted molar refractivity (Wildman–Crippen MR) is 97.5 cm³/mol. The van der Waals surface area contributed by atoms with Crippen molar-refractivity contribution in [1.82, 2.24) is 4.98 Å². The van der Waals surface area contributed by atoms with E-state index in [1.54, 1.807) is 22.7 Å². The van der Waals surface area contributed by atoms with Crippen molar-refractivity contribution < 1.29 is 4.79 Å². The van der Waals surface area contributed by atoms with E-state index in [2.05, 4.69) is 41.5 Å². The van der Waals surface area contributed by atoms with Crippen molar-refractivity contribution in [3.63, 3.8) is 0 Å². The molecule has 0 atom stereocenters. The summed E-state index contributed by atoms with van der Waals surface area (Å²) in [6, 6.07) is 10.5. The lowest BCUT2D eigenvalue weighted by atomic mass is 10.1. The fourth-order valence-electron chi connectivity index (χ4n) is 2.28. The van der Waals surface area contributed by atoms with Crippen LogP contribution < -0.4 is 5.32 Å². The number of aromatic nitrogens is 1. The predicted octanol–water partition coefficient (Wildman–Crippen LogP) is 4.59. The van der Waals surface area contributed by atoms with E-state index in [-0.39, 0.29) is 5.91 Å². The SMILES string of the molecule is Cc1ccc(Cc2sc(NC(=O)Cc3ccsc3)nc2C)cc1. The second-order valence-electron chi connectivity index (χ2n) is 5.55. The highest BCUT2D eigenvalue weighted by Gasteiger charge is 2.11. The maximum Gasteiger partial charge on any atom is 0.230 e. The van der Waals surface area contributed by atoms with E-state index in [1.807, 2.05) is 23.8 Å². The smallest absolute Gasteiger partial charge is 0.230 e. The lowest BCUT2D eigenvalue weighted by molar-refractivity contribution is -0.115. The number of carbonyl (C=O) groups is 1. The first-order chi connectivity index (χ1) is 11.1. The van der Waals surface area contributed by atoms with Crippen molar-refractivity contribution in [2.45, 2.75) is 26.7 Å². The number of amides is 1. The van der Waals surface area contributed by atoms with Crippen LogP contribution in [0.15, 0.2) is 41.1 Å². The zero-order valence-corrected chi connectivity index (χ0v) is 14.8. The number of hydrogen-bond donors (Lipinski definition) is 1. The lowest BCUT2D eigenvalue weighted by Crippen LogP contribution is -2.13. The molecule has 2 aromatic heterocycles. The van der Waals surface area contributed by atoms with Crippen molar-refractivity contribution in [3.05, 3.63) is 68.4 Å². The number of carbonyl (C=O) groups excluding carboxylic acids is 1. The Morgan fingerprint density at radius 2 is 1.91 bits per heavy atom. The van der Waals surface area contributed by atoms with Gasteiger partial charge in [0.15, 0.2) is 5.13 Å². The highest BCUT2D eigenvalue weighted by Crippen LogP contribution is 2.25. The molecule has 0 saturated carbocycles. The van der Waals surface area contributed by atoms with Gasteiger partial charge in [-0.1, -0.05) is 29.8 Å². The van der Waals surface area contributed by atoms with E-state index in [0.717, 1.165) is 17.7 Å². The first kappa shape index (κ1) is 15.9. The molecule has 3 nitrogen and oxygen atoms in total. The summed E-state index contributed by atoms with van der Waals surface area (Å²) >= 11 is 3.16. The summed E-state index contributed by atoms with van der Waals surface area (Å²) in [6.07, 6.45) is 1.25. The van der Waals surface area contributed by atoms with Gasteiger partial charge in [-0.2, -0.15) is 11.3 Å². The molecule has 0 saturated heterocycles. The normalized spacial score (nSPS) is 10.7. The Kier molecular flexibility index (Phi) is 4.88. The Labute approximate surface area is 144 Å². The molecule has 0 radical (unpaired) electrons. The minimum atomic E-state index is -0.0148. The van der Waals surface area contributed by atoms with Gasteiger partial charge < -0.3 is 5.32 Å². The fourth-order valence-corrected chi connectivity index (χ4v) is 3.96. The van der Waals surface area contributed by atoms with Gasteiger partial charge in [0.2, 0.25) is 5.91 Å². The fraction of sp³-hybridized carbons (Fsp3) is 0.222. The first-order valence-corrected chi connectivity index (χ1v) is 9.19. The zero-order valence-electron chi connectivity index (χ0n) is 13.1. The van der Waals surface area contributed by atoms with Crippen LogP contribution in [0.3, 0.4) is 0 Å². The minimum absolute atomic E-state index is 0.0148. The number of aryl methyl sites for hydroxylation is 2. The number of thiazole rings is 1. The molecule has 5 heteroatoms. The molecule has 1 N–H and O–H groups in total. The summed E-state index contributed by atoms with van der Waals surface area (Å²) in [6.45, 7) is 4.08. The van der Waals surface area contributed by atoms with E-state index in [9.17, 15) is 4.79 Å². The van der Waals surface area contributed by atoms with Crippen LogP contribution in [0.5, 0.6) is 0 Å². The van der Waals surface area contributed by atoms with Crippen molar-refractivity contribution in [3.8, 4) is 0 Å². The number of nitrogens with one attached hydrogen (secondary N) is 1. The van der Waals surface area contributed by atoms with Crippen molar-refractivity contribution in [1.29, 1.82) is 0 Å². The number of rotatable bonds is 5. The van der Waals surface area contributed by atoms with Gasteiger partial charge in [-0.05, 0) is 41.8 Å². The highest BCUT2D eigenvalue weighted by atomic mass is 32.1. The summed E-state index contributed by atoms with van der Waals surface area (Å²) in [5.41, 5.74) is 4.55. The average molecular weight is 342 g/mol. The van der Waals surface area contributed by atoms with Crippen molar-refractivity contribution >= 4 is 33.7 Å². The number of nitrogens with zero attached hydrogens (tertiary/aromatic N) is 1. The average Bonchev–Trinajstić information content (AvgIpc) is 3.12. The molecule has 0 aliphatic rings. The molecular formula is C18H18N2OS2. The van der Waals surface area contributed by atoms with Crippen LogP contribution in [0, 0.1) is 13.8 Å².